The summed E-state index contributed by atoms with van der Waals surface area (Å²) in [5.41, 5.74) is 0. The highest BCUT2D eigenvalue weighted by molar-refractivity contribution is 5.90. The predicted octanol–water partition coefficient (Wildman–Crippen LogP) is 0.350. The fourth-order valence-corrected chi connectivity index (χ4v) is 3.72. The maximum atomic E-state index is 12.7. The highest BCUT2D eigenvalue weighted by Gasteiger charge is 2.44. The Morgan fingerprint density at radius 3 is 2.45 bits per heavy atom. The number of carbonyl (C=O) groups excluding carboxylic acids is 2. The molecule has 0 radical (unpaired) electrons. The summed E-state index contributed by atoms with van der Waals surface area (Å²) in [5, 5.41) is 2.95. The van der Waals surface area contributed by atoms with Crippen molar-refractivity contribution in [2.75, 3.05) is 19.6 Å². The maximum absolute atomic E-state index is 12.7. The summed E-state index contributed by atoms with van der Waals surface area (Å²) in [6.07, 6.45) is 6.37. The first-order chi connectivity index (χ1) is 9.72. The monoisotopic (exact) mass is 277 g/mol. The fraction of sp³-hybridized carbons (Fsp3) is 0.867. The summed E-state index contributed by atoms with van der Waals surface area (Å²) >= 11 is 0. The van der Waals surface area contributed by atoms with Gasteiger partial charge in [0.05, 0.1) is 0 Å². The lowest BCUT2D eigenvalue weighted by Crippen LogP contribution is -2.50. The molecule has 4 fully saturated rings. The molecule has 4 rings (SSSR count). The van der Waals surface area contributed by atoms with Crippen LogP contribution in [0.4, 0.5) is 0 Å². The summed E-state index contributed by atoms with van der Waals surface area (Å²) in [6.45, 7) is 2.74. The van der Waals surface area contributed by atoms with Gasteiger partial charge >= 0.3 is 0 Å². The number of carbonyl (C=O) groups is 2. The molecule has 2 aliphatic carbocycles. The van der Waals surface area contributed by atoms with Crippen LogP contribution in [0, 0.1) is 5.92 Å². The molecular weight excluding hydrogens is 254 g/mol. The molecule has 20 heavy (non-hydrogen) atoms. The largest absolute Gasteiger partial charge is 0.344 e. The van der Waals surface area contributed by atoms with E-state index in [0.717, 1.165) is 38.4 Å². The Balaban J connectivity index is 1.47. The van der Waals surface area contributed by atoms with E-state index in [-0.39, 0.29) is 17.9 Å². The zero-order valence-corrected chi connectivity index (χ0v) is 11.9. The molecule has 0 spiro atoms. The first-order valence-corrected chi connectivity index (χ1v) is 8.06. The van der Waals surface area contributed by atoms with Crippen LogP contribution in [0.3, 0.4) is 0 Å². The van der Waals surface area contributed by atoms with Crippen LogP contribution < -0.4 is 5.32 Å². The van der Waals surface area contributed by atoms with Crippen LogP contribution in [0.2, 0.25) is 0 Å². The Morgan fingerprint density at radius 1 is 0.950 bits per heavy atom. The predicted molar refractivity (Wildman–Crippen MR) is 74.0 cm³/mol. The van der Waals surface area contributed by atoms with Gasteiger partial charge in [0.25, 0.3) is 0 Å². The van der Waals surface area contributed by atoms with Crippen LogP contribution in [0.15, 0.2) is 0 Å². The molecule has 2 saturated heterocycles. The number of nitrogens with zero attached hydrogens (tertiary/aromatic N) is 2. The first kappa shape index (κ1) is 12.6. The van der Waals surface area contributed by atoms with E-state index in [9.17, 15) is 9.59 Å². The van der Waals surface area contributed by atoms with Crippen molar-refractivity contribution in [1.29, 1.82) is 0 Å². The number of amides is 2. The Hall–Kier alpha value is -1.10. The van der Waals surface area contributed by atoms with Gasteiger partial charge in [0.15, 0.2) is 0 Å². The second kappa shape index (κ2) is 4.72. The molecular formula is C15H23N3O2. The van der Waals surface area contributed by atoms with Gasteiger partial charge in [0.1, 0.15) is 6.04 Å². The van der Waals surface area contributed by atoms with Crippen molar-refractivity contribution in [1.82, 2.24) is 15.1 Å². The van der Waals surface area contributed by atoms with Gasteiger partial charge in [-0.1, -0.05) is 0 Å². The number of rotatable bonds is 3. The van der Waals surface area contributed by atoms with Gasteiger partial charge in [-0.05, 0) is 38.0 Å². The molecule has 2 saturated carbocycles. The summed E-state index contributed by atoms with van der Waals surface area (Å²) in [6, 6.07) is 0.873. The Labute approximate surface area is 119 Å². The van der Waals surface area contributed by atoms with Crippen LogP contribution in [0.25, 0.3) is 0 Å². The van der Waals surface area contributed by atoms with Gasteiger partial charge in [-0.3, -0.25) is 14.5 Å². The van der Waals surface area contributed by atoms with Gasteiger partial charge in [-0.25, -0.2) is 0 Å². The highest BCUT2D eigenvalue weighted by Crippen LogP contribution is 2.36. The molecule has 4 aliphatic rings. The number of hydrogen-bond acceptors (Lipinski definition) is 3. The third kappa shape index (κ3) is 2.32. The average molecular weight is 277 g/mol. The van der Waals surface area contributed by atoms with Gasteiger partial charge in [-0.2, -0.15) is 0 Å². The normalized spacial score (nSPS) is 36.1. The zero-order chi connectivity index (χ0) is 13.7. The highest BCUT2D eigenvalue weighted by atomic mass is 16.2. The minimum atomic E-state index is -0.236. The third-order valence-corrected chi connectivity index (χ3v) is 5.24. The molecule has 2 amide bonds. The molecule has 2 atom stereocenters. The van der Waals surface area contributed by atoms with E-state index in [1.54, 1.807) is 0 Å². The van der Waals surface area contributed by atoms with E-state index in [1.807, 2.05) is 4.90 Å². The molecule has 0 aromatic rings. The second-order valence-corrected chi connectivity index (χ2v) is 6.83. The van der Waals surface area contributed by atoms with Crippen molar-refractivity contribution < 1.29 is 9.59 Å². The fourth-order valence-electron chi connectivity index (χ4n) is 3.72. The number of nitrogens with one attached hydrogen (secondary N) is 1. The lowest BCUT2D eigenvalue weighted by molar-refractivity contribution is -0.136. The van der Waals surface area contributed by atoms with Gasteiger partial charge in [0, 0.05) is 38.1 Å². The zero-order valence-electron chi connectivity index (χ0n) is 11.9. The number of hydrogen-bond donors (Lipinski definition) is 1. The van der Waals surface area contributed by atoms with Crippen molar-refractivity contribution in [3.05, 3.63) is 0 Å². The number of likely N-dealkylation sites (tertiary alicyclic amines) is 1. The van der Waals surface area contributed by atoms with Crippen molar-refractivity contribution in [3.8, 4) is 0 Å². The topological polar surface area (TPSA) is 52.7 Å². The third-order valence-electron chi connectivity index (χ3n) is 5.24. The first-order valence-electron chi connectivity index (χ1n) is 8.06. The van der Waals surface area contributed by atoms with Crippen LogP contribution in [0.1, 0.15) is 38.5 Å². The average Bonchev–Trinajstić information content (AvgIpc) is 3.33. The van der Waals surface area contributed by atoms with Crippen LogP contribution in [-0.4, -0.2) is 59.4 Å². The molecule has 2 unspecified atom stereocenters. The van der Waals surface area contributed by atoms with E-state index in [1.165, 1.54) is 12.8 Å². The lowest BCUT2D eigenvalue weighted by Gasteiger charge is -2.30. The minimum absolute atomic E-state index is 0.0507. The van der Waals surface area contributed by atoms with E-state index in [2.05, 4.69) is 10.2 Å². The molecule has 5 heteroatoms. The van der Waals surface area contributed by atoms with Crippen molar-refractivity contribution in [2.45, 2.75) is 56.7 Å². The SMILES string of the molecule is O=C1CCN(C2CCN(C3CC3)C2)C(=O)C(C2CC2)N1. The molecule has 0 bridgehead atoms. The van der Waals surface area contributed by atoms with Crippen molar-refractivity contribution in [3.63, 3.8) is 0 Å². The van der Waals surface area contributed by atoms with Crippen molar-refractivity contribution >= 4 is 11.8 Å². The molecule has 110 valence electrons. The lowest BCUT2D eigenvalue weighted by atomic mass is 10.1. The summed E-state index contributed by atoms with van der Waals surface area (Å²) in [5.74, 6) is 0.629. The van der Waals surface area contributed by atoms with Crippen LogP contribution in [0.5, 0.6) is 0 Å². The van der Waals surface area contributed by atoms with Crippen LogP contribution >= 0.6 is 0 Å². The van der Waals surface area contributed by atoms with Gasteiger partial charge < -0.3 is 10.2 Å². The Morgan fingerprint density at radius 2 is 1.75 bits per heavy atom. The van der Waals surface area contributed by atoms with E-state index in [4.69, 9.17) is 0 Å². The van der Waals surface area contributed by atoms with E-state index < -0.39 is 0 Å². The molecule has 2 heterocycles. The summed E-state index contributed by atoms with van der Waals surface area (Å²) in [4.78, 5) is 29.1. The molecule has 2 aliphatic heterocycles. The van der Waals surface area contributed by atoms with Gasteiger partial charge in [-0.15, -0.1) is 0 Å². The van der Waals surface area contributed by atoms with Gasteiger partial charge in [0.2, 0.25) is 11.8 Å². The van der Waals surface area contributed by atoms with E-state index >= 15 is 0 Å². The molecule has 5 nitrogen and oxygen atoms in total. The smallest absolute Gasteiger partial charge is 0.245 e. The van der Waals surface area contributed by atoms with Crippen molar-refractivity contribution in [2.24, 2.45) is 5.92 Å². The minimum Gasteiger partial charge on any atom is -0.344 e. The summed E-state index contributed by atoms with van der Waals surface area (Å²) < 4.78 is 0. The van der Waals surface area contributed by atoms with E-state index in [0.29, 0.717) is 24.9 Å². The Bertz CT molecular complexity index is 431. The molecule has 1 N–H and O–H groups in total. The molecule has 0 aromatic carbocycles. The maximum Gasteiger partial charge on any atom is 0.245 e. The standard InChI is InChI=1S/C15H23N3O2/c19-13-6-8-18(15(20)14(16-13)10-1-2-10)12-5-7-17(9-12)11-3-4-11/h10-12,14H,1-9H2,(H,16,19). The van der Waals surface area contributed by atoms with Crippen LogP contribution in [-0.2, 0) is 9.59 Å². The molecule has 0 aromatic heterocycles. The summed E-state index contributed by atoms with van der Waals surface area (Å²) in [7, 11) is 0. The Kier molecular flexibility index (Phi) is 2.98. The second-order valence-electron chi connectivity index (χ2n) is 6.83. The quantitative estimate of drug-likeness (QED) is 0.810.